The molecule has 2 fully saturated rings. The predicted molar refractivity (Wildman–Crippen MR) is 108 cm³/mol. The van der Waals surface area contributed by atoms with Crippen LogP contribution in [0.1, 0.15) is 24.0 Å². The minimum absolute atomic E-state index is 0.0883. The molecule has 4 rings (SSSR count). The normalized spacial score (nSPS) is 26.2. The number of piperazine rings is 1. The van der Waals surface area contributed by atoms with E-state index >= 15 is 0 Å². The van der Waals surface area contributed by atoms with Gasteiger partial charge in [-0.3, -0.25) is 19.4 Å². The summed E-state index contributed by atoms with van der Waals surface area (Å²) >= 11 is 0. The van der Waals surface area contributed by atoms with E-state index in [1.165, 1.54) is 9.21 Å². The molecule has 2 atom stereocenters. The van der Waals surface area contributed by atoms with Crippen molar-refractivity contribution in [3.63, 3.8) is 0 Å². The lowest BCUT2D eigenvalue weighted by atomic mass is 9.85. The third-order valence-corrected chi connectivity index (χ3v) is 8.28. The molecule has 0 N–H and O–H groups in total. The fraction of sp³-hybridized carbons (Fsp3) is 0.524. The Morgan fingerprint density at radius 3 is 2.07 bits per heavy atom. The molecule has 1 aliphatic carbocycles. The van der Waals surface area contributed by atoms with Crippen LogP contribution in [0.3, 0.4) is 0 Å². The Morgan fingerprint density at radius 1 is 0.931 bits per heavy atom. The number of sulfonamides is 1. The highest BCUT2D eigenvalue weighted by atomic mass is 32.2. The molecular weight excluding hydrogens is 390 g/mol. The summed E-state index contributed by atoms with van der Waals surface area (Å²) in [5.41, 5.74) is 1.78. The van der Waals surface area contributed by atoms with Gasteiger partial charge in [0.1, 0.15) is 0 Å². The molecule has 1 aromatic carbocycles. The Bertz CT molecular complexity index is 938. The molecule has 2 amide bonds. The molecule has 0 spiro atoms. The summed E-state index contributed by atoms with van der Waals surface area (Å²) < 4.78 is 27.6. The summed E-state index contributed by atoms with van der Waals surface area (Å²) in [5, 5.41) is 0. The van der Waals surface area contributed by atoms with Gasteiger partial charge in [-0.05, 0) is 38.3 Å². The summed E-state index contributed by atoms with van der Waals surface area (Å²) in [6.07, 6.45) is 5.22. The van der Waals surface area contributed by atoms with Gasteiger partial charge in [-0.15, -0.1) is 0 Å². The van der Waals surface area contributed by atoms with Crippen molar-refractivity contribution < 1.29 is 18.0 Å². The zero-order chi connectivity index (χ0) is 20.8. The van der Waals surface area contributed by atoms with Gasteiger partial charge in [0.25, 0.3) is 0 Å². The second-order valence-electron chi connectivity index (χ2n) is 8.19. The molecule has 156 valence electrons. The molecule has 2 saturated heterocycles. The molecule has 0 bridgehead atoms. The van der Waals surface area contributed by atoms with Crippen LogP contribution in [-0.4, -0.2) is 67.2 Å². The van der Waals surface area contributed by atoms with E-state index in [2.05, 4.69) is 0 Å². The number of nitrogens with zero attached hydrogens (tertiary/aromatic N) is 3. The van der Waals surface area contributed by atoms with Gasteiger partial charge < -0.3 is 0 Å². The second-order valence-corrected chi connectivity index (χ2v) is 10.1. The van der Waals surface area contributed by atoms with Crippen LogP contribution in [0.25, 0.3) is 0 Å². The van der Waals surface area contributed by atoms with Crippen LogP contribution in [0, 0.1) is 25.7 Å². The molecule has 2 heterocycles. The summed E-state index contributed by atoms with van der Waals surface area (Å²) in [6.45, 7) is 5.69. The van der Waals surface area contributed by atoms with Crippen LogP contribution in [0.4, 0.5) is 0 Å². The Hall–Kier alpha value is -2.03. The standard InChI is InChI=1S/C21H27N3O4S/c1-15-7-8-19(16(2)13-15)29(27,28)23-11-9-22(10-12-23)14-24-20(25)17-5-3-4-6-18(17)21(24)26/h3-4,7-8,13,17-18H,5-6,9-12,14H2,1-2H3/t17-,18-/m0/s1. The number of imide groups is 1. The van der Waals surface area contributed by atoms with E-state index in [4.69, 9.17) is 0 Å². The highest BCUT2D eigenvalue weighted by molar-refractivity contribution is 7.89. The average molecular weight is 418 g/mol. The van der Waals surface area contributed by atoms with E-state index in [1.807, 2.05) is 43.0 Å². The van der Waals surface area contributed by atoms with Crippen LogP contribution in [0.2, 0.25) is 0 Å². The van der Waals surface area contributed by atoms with Crippen molar-refractivity contribution >= 4 is 21.8 Å². The first-order chi connectivity index (χ1) is 13.8. The quantitative estimate of drug-likeness (QED) is 0.548. The Kier molecular flexibility index (Phi) is 5.35. The molecule has 0 aromatic heterocycles. The zero-order valence-electron chi connectivity index (χ0n) is 16.9. The molecule has 7 nitrogen and oxygen atoms in total. The van der Waals surface area contributed by atoms with E-state index < -0.39 is 10.0 Å². The van der Waals surface area contributed by atoms with Crippen molar-refractivity contribution in [2.45, 2.75) is 31.6 Å². The highest BCUT2D eigenvalue weighted by Gasteiger charge is 2.47. The smallest absolute Gasteiger partial charge is 0.243 e. The summed E-state index contributed by atoms with van der Waals surface area (Å²) in [5.74, 6) is -0.623. The number of carbonyl (C=O) groups excluding carboxylic acids is 2. The number of fused-ring (bicyclic) bond motifs is 1. The van der Waals surface area contributed by atoms with Gasteiger partial charge in [0.05, 0.1) is 23.4 Å². The first-order valence-corrected chi connectivity index (χ1v) is 11.5. The van der Waals surface area contributed by atoms with Gasteiger partial charge >= 0.3 is 0 Å². The first kappa shape index (κ1) is 20.3. The number of benzene rings is 1. The van der Waals surface area contributed by atoms with E-state index in [0.29, 0.717) is 43.9 Å². The number of rotatable bonds is 4. The molecule has 1 aromatic rings. The summed E-state index contributed by atoms with van der Waals surface area (Å²) in [7, 11) is -3.55. The minimum atomic E-state index is -3.55. The molecule has 2 aliphatic heterocycles. The van der Waals surface area contributed by atoms with E-state index in [-0.39, 0.29) is 30.3 Å². The molecule has 0 saturated carbocycles. The predicted octanol–water partition coefficient (Wildman–Crippen LogP) is 1.52. The van der Waals surface area contributed by atoms with Crippen molar-refractivity contribution in [2.24, 2.45) is 11.8 Å². The Labute approximate surface area is 172 Å². The van der Waals surface area contributed by atoms with Crippen LogP contribution in [-0.2, 0) is 19.6 Å². The first-order valence-electron chi connectivity index (χ1n) is 10.1. The van der Waals surface area contributed by atoms with Crippen LogP contribution >= 0.6 is 0 Å². The largest absolute Gasteiger partial charge is 0.283 e. The number of hydrogen-bond donors (Lipinski definition) is 0. The molecule has 0 radical (unpaired) electrons. The van der Waals surface area contributed by atoms with Gasteiger partial charge in [0.15, 0.2) is 0 Å². The maximum Gasteiger partial charge on any atom is 0.243 e. The Balaban J connectivity index is 1.40. The van der Waals surface area contributed by atoms with Crippen molar-refractivity contribution in [1.82, 2.24) is 14.1 Å². The van der Waals surface area contributed by atoms with Crippen molar-refractivity contribution in [3.8, 4) is 0 Å². The highest BCUT2D eigenvalue weighted by Crippen LogP contribution is 2.35. The number of hydrogen-bond acceptors (Lipinski definition) is 5. The summed E-state index contributed by atoms with van der Waals surface area (Å²) in [6, 6.07) is 5.36. The fourth-order valence-electron chi connectivity index (χ4n) is 4.55. The van der Waals surface area contributed by atoms with Crippen LogP contribution in [0.15, 0.2) is 35.2 Å². The molecule has 29 heavy (non-hydrogen) atoms. The van der Waals surface area contributed by atoms with Gasteiger partial charge in [-0.2, -0.15) is 4.31 Å². The lowest BCUT2D eigenvalue weighted by Crippen LogP contribution is -2.52. The lowest BCUT2D eigenvalue weighted by molar-refractivity contribution is -0.142. The van der Waals surface area contributed by atoms with Gasteiger partial charge in [0, 0.05) is 26.2 Å². The summed E-state index contributed by atoms with van der Waals surface area (Å²) in [4.78, 5) is 29.0. The number of aryl methyl sites for hydroxylation is 2. The van der Waals surface area contributed by atoms with Gasteiger partial charge in [0.2, 0.25) is 21.8 Å². The maximum absolute atomic E-state index is 13.0. The second kappa shape index (κ2) is 7.66. The SMILES string of the molecule is Cc1ccc(S(=O)(=O)N2CCN(CN3C(=O)[C@H]4CC=CC[C@@H]4C3=O)CC2)c(C)c1. The van der Waals surface area contributed by atoms with Gasteiger partial charge in [-0.1, -0.05) is 29.8 Å². The van der Waals surface area contributed by atoms with Crippen molar-refractivity contribution in [3.05, 3.63) is 41.5 Å². The molecule has 8 heteroatoms. The molecule has 3 aliphatic rings. The van der Waals surface area contributed by atoms with E-state index in [1.54, 1.807) is 6.07 Å². The van der Waals surface area contributed by atoms with E-state index in [0.717, 1.165) is 11.1 Å². The average Bonchev–Trinajstić information content (AvgIpc) is 2.93. The van der Waals surface area contributed by atoms with Crippen molar-refractivity contribution in [2.75, 3.05) is 32.8 Å². The Morgan fingerprint density at radius 2 is 1.52 bits per heavy atom. The third kappa shape index (κ3) is 3.65. The number of allylic oxidation sites excluding steroid dienone is 2. The third-order valence-electron chi connectivity index (χ3n) is 6.22. The van der Waals surface area contributed by atoms with E-state index in [9.17, 15) is 18.0 Å². The van der Waals surface area contributed by atoms with Gasteiger partial charge in [-0.25, -0.2) is 8.42 Å². The maximum atomic E-state index is 13.0. The topological polar surface area (TPSA) is 78.0 Å². The van der Waals surface area contributed by atoms with Crippen LogP contribution in [0.5, 0.6) is 0 Å². The lowest BCUT2D eigenvalue weighted by Gasteiger charge is -2.35. The zero-order valence-corrected chi connectivity index (χ0v) is 17.7. The monoisotopic (exact) mass is 417 g/mol. The van der Waals surface area contributed by atoms with Crippen LogP contribution < -0.4 is 0 Å². The number of carbonyl (C=O) groups is 2. The molecular formula is C21H27N3O4S. The fourth-order valence-corrected chi connectivity index (χ4v) is 6.18. The number of amides is 2. The minimum Gasteiger partial charge on any atom is -0.283 e. The number of likely N-dealkylation sites (tertiary alicyclic amines) is 1. The molecule has 0 unspecified atom stereocenters. The van der Waals surface area contributed by atoms with Crippen molar-refractivity contribution in [1.29, 1.82) is 0 Å².